The average Bonchev–Trinajstić information content (AvgIpc) is 2.48. The molecule has 2 aromatic rings. The van der Waals surface area contributed by atoms with Crippen LogP contribution in [0.4, 0.5) is 11.4 Å². The second-order valence-corrected chi connectivity index (χ2v) is 6.44. The number of nitrogens with one attached hydrogen (secondary N) is 1. The standard InChI is InChI=1S/C13H9BrN3O3PS/c14-9-3-1-4-10(7-9)15-13(22)17(16-18)11-5-2-6-12(8-11)21(19)20/h1-8H,(H,15,22). The quantitative estimate of drug-likeness (QED) is 0.369. The lowest BCUT2D eigenvalue weighted by Gasteiger charge is -2.17. The number of anilines is 2. The number of rotatable bonds is 4. The van der Waals surface area contributed by atoms with Crippen LogP contribution in [-0.2, 0) is 4.57 Å². The van der Waals surface area contributed by atoms with Gasteiger partial charge in [-0.15, -0.1) is 4.91 Å². The van der Waals surface area contributed by atoms with E-state index in [4.69, 9.17) is 12.2 Å². The number of halogens is 1. The molecule has 0 aliphatic carbocycles. The second kappa shape index (κ2) is 7.51. The first kappa shape index (κ1) is 16.6. The monoisotopic (exact) mass is 397 g/mol. The maximum Gasteiger partial charge on any atom is 0.348 e. The van der Waals surface area contributed by atoms with Crippen LogP contribution in [0, 0.1) is 4.91 Å². The molecule has 1 atom stereocenters. The zero-order valence-electron chi connectivity index (χ0n) is 11.0. The third-order valence-corrected chi connectivity index (χ3v) is 4.10. The predicted octanol–water partition coefficient (Wildman–Crippen LogP) is 3.06. The Morgan fingerprint density at radius 2 is 2.00 bits per heavy atom. The number of nitrogens with zero attached hydrogens (tertiary/aromatic N) is 2. The van der Waals surface area contributed by atoms with Crippen LogP contribution in [0.5, 0.6) is 0 Å². The normalized spacial score (nSPS) is 10.7. The Bertz CT molecular complexity index is 744. The number of hydrogen-bond acceptors (Lipinski definition) is 5. The lowest BCUT2D eigenvalue weighted by Crippen LogP contribution is -2.30. The van der Waals surface area contributed by atoms with Crippen LogP contribution < -0.4 is 20.5 Å². The fourth-order valence-electron chi connectivity index (χ4n) is 1.68. The van der Waals surface area contributed by atoms with Crippen LogP contribution in [0.25, 0.3) is 0 Å². The second-order valence-electron chi connectivity index (χ2n) is 4.11. The molecule has 0 saturated carbocycles. The molecule has 0 spiro atoms. The molecule has 2 aromatic carbocycles. The van der Waals surface area contributed by atoms with E-state index in [2.05, 4.69) is 26.5 Å². The molecule has 0 aliphatic heterocycles. The molecular formula is C13H9BrN3O3PS. The Kier molecular flexibility index (Phi) is 5.68. The topological polar surface area (TPSA) is 84.8 Å². The molecule has 2 rings (SSSR count). The summed E-state index contributed by atoms with van der Waals surface area (Å²) in [4.78, 5) is 22.1. The highest BCUT2D eigenvalue weighted by molar-refractivity contribution is 9.10. The Balaban J connectivity index is 2.24. The third-order valence-electron chi connectivity index (χ3n) is 2.64. The number of hydrogen-bond donors (Lipinski definition) is 1. The maximum absolute atomic E-state index is 11.1. The summed E-state index contributed by atoms with van der Waals surface area (Å²) in [6.45, 7) is 0. The van der Waals surface area contributed by atoms with E-state index in [-0.39, 0.29) is 16.1 Å². The number of benzene rings is 2. The molecule has 6 nitrogen and oxygen atoms in total. The first-order valence-corrected chi connectivity index (χ1v) is 8.33. The first-order chi connectivity index (χ1) is 10.5. The first-order valence-electron chi connectivity index (χ1n) is 5.95. The van der Waals surface area contributed by atoms with Crippen LogP contribution in [0.1, 0.15) is 0 Å². The van der Waals surface area contributed by atoms with Crippen molar-refractivity contribution in [1.82, 2.24) is 0 Å². The summed E-state index contributed by atoms with van der Waals surface area (Å²) in [7, 11) is -2.75. The molecule has 0 bridgehead atoms. The molecule has 0 aromatic heterocycles. The smallest absolute Gasteiger partial charge is 0.348 e. The summed E-state index contributed by atoms with van der Waals surface area (Å²) in [6, 6.07) is 13.0. The van der Waals surface area contributed by atoms with E-state index in [9.17, 15) is 14.4 Å². The van der Waals surface area contributed by atoms with Gasteiger partial charge in [-0.25, -0.2) is 0 Å². The summed E-state index contributed by atoms with van der Waals surface area (Å²) in [5, 5.41) is 6.74. The van der Waals surface area contributed by atoms with Gasteiger partial charge in [0.25, 0.3) is 0 Å². The molecule has 0 fully saturated rings. The summed E-state index contributed by atoms with van der Waals surface area (Å²) in [6.07, 6.45) is 0. The third kappa shape index (κ3) is 4.14. The largest absolute Gasteiger partial charge is 0.591 e. The van der Waals surface area contributed by atoms with Crippen molar-refractivity contribution in [1.29, 1.82) is 0 Å². The highest BCUT2D eigenvalue weighted by Gasteiger charge is 2.16. The van der Waals surface area contributed by atoms with Gasteiger partial charge in [0, 0.05) is 16.2 Å². The fourth-order valence-corrected chi connectivity index (χ4v) is 2.78. The van der Waals surface area contributed by atoms with E-state index in [0.717, 1.165) is 9.48 Å². The van der Waals surface area contributed by atoms with E-state index in [1.165, 1.54) is 18.2 Å². The van der Waals surface area contributed by atoms with Crippen molar-refractivity contribution in [2.45, 2.75) is 0 Å². The van der Waals surface area contributed by atoms with Crippen molar-refractivity contribution < 1.29 is 9.46 Å². The molecule has 9 heteroatoms. The van der Waals surface area contributed by atoms with Gasteiger partial charge < -0.3 is 10.2 Å². The molecular weight excluding hydrogens is 389 g/mol. The molecule has 0 saturated heterocycles. The Morgan fingerprint density at radius 3 is 2.64 bits per heavy atom. The number of thiocarbonyl (C=S) groups is 1. The molecule has 0 amide bonds. The van der Waals surface area contributed by atoms with E-state index in [0.29, 0.717) is 5.69 Å². The molecule has 0 radical (unpaired) electrons. The van der Waals surface area contributed by atoms with Gasteiger partial charge in [0.1, 0.15) is 0 Å². The van der Waals surface area contributed by atoms with Crippen molar-refractivity contribution in [2.24, 2.45) is 5.29 Å². The minimum atomic E-state index is -2.75. The summed E-state index contributed by atoms with van der Waals surface area (Å²) in [5.74, 6) is 0. The van der Waals surface area contributed by atoms with Gasteiger partial charge in [0.05, 0.1) is 11.0 Å². The van der Waals surface area contributed by atoms with Crippen LogP contribution in [0.3, 0.4) is 0 Å². The van der Waals surface area contributed by atoms with Gasteiger partial charge >= 0.3 is 8.03 Å². The highest BCUT2D eigenvalue weighted by atomic mass is 79.9. The zero-order chi connectivity index (χ0) is 16.1. The van der Waals surface area contributed by atoms with Crippen LogP contribution in [-0.4, -0.2) is 5.11 Å². The molecule has 1 unspecified atom stereocenters. The van der Waals surface area contributed by atoms with Crippen molar-refractivity contribution in [3.8, 4) is 0 Å². The van der Waals surface area contributed by atoms with Crippen LogP contribution >= 0.6 is 36.2 Å². The van der Waals surface area contributed by atoms with E-state index >= 15 is 0 Å². The Morgan fingerprint density at radius 1 is 1.27 bits per heavy atom. The maximum atomic E-state index is 11.1. The molecule has 22 heavy (non-hydrogen) atoms. The Labute approximate surface area is 141 Å². The average molecular weight is 398 g/mol. The van der Waals surface area contributed by atoms with E-state index in [1.54, 1.807) is 24.3 Å². The minimum absolute atomic E-state index is 0.0337. The SMILES string of the molecule is O=NN(C(=S)Nc1cccc(Br)c1)c1cccc([P+](=O)[O-])c1. The zero-order valence-corrected chi connectivity index (χ0v) is 14.3. The van der Waals surface area contributed by atoms with Gasteiger partial charge in [-0.3, -0.25) is 0 Å². The summed E-state index contributed by atoms with van der Waals surface area (Å²) in [5.41, 5.74) is 0.929. The molecule has 0 aliphatic rings. The van der Waals surface area contributed by atoms with Crippen molar-refractivity contribution in [2.75, 3.05) is 10.3 Å². The summed E-state index contributed by atoms with van der Waals surface area (Å²) < 4.78 is 11.9. The van der Waals surface area contributed by atoms with E-state index in [1.807, 2.05) is 6.07 Å². The van der Waals surface area contributed by atoms with E-state index < -0.39 is 8.03 Å². The van der Waals surface area contributed by atoms with Crippen molar-refractivity contribution in [3.05, 3.63) is 57.9 Å². The van der Waals surface area contributed by atoms with Gasteiger partial charge in [0.2, 0.25) is 5.11 Å². The van der Waals surface area contributed by atoms with Crippen LogP contribution in [0.15, 0.2) is 58.3 Å². The number of nitroso groups, excluding NO2 is 1. The van der Waals surface area contributed by atoms with Gasteiger partial charge in [-0.1, -0.05) is 32.6 Å². The van der Waals surface area contributed by atoms with Crippen molar-refractivity contribution >= 4 is 58.0 Å². The summed E-state index contributed by atoms with van der Waals surface area (Å²) >= 11 is 8.47. The lowest BCUT2D eigenvalue weighted by atomic mass is 10.3. The van der Waals surface area contributed by atoms with Gasteiger partial charge in [-0.05, 0) is 42.5 Å². The fraction of sp³-hybridized carbons (Fsp3) is 0. The predicted molar refractivity (Wildman–Crippen MR) is 92.3 cm³/mol. The van der Waals surface area contributed by atoms with Crippen molar-refractivity contribution in [3.63, 3.8) is 0 Å². The van der Waals surface area contributed by atoms with Gasteiger partial charge in [0.15, 0.2) is 5.30 Å². The van der Waals surface area contributed by atoms with Gasteiger partial charge in [-0.2, -0.15) is 5.01 Å². The minimum Gasteiger partial charge on any atom is -0.591 e. The Hall–Kier alpha value is -1.73. The molecule has 1 N–H and O–H groups in total. The molecule has 112 valence electrons. The van der Waals surface area contributed by atoms with Crippen LogP contribution in [0.2, 0.25) is 0 Å². The molecule has 0 heterocycles. The highest BCUT2D eigenvalue weighted by Crippen LogP contribution is 2.20. The lowest BCUT2D eigenvalue weighted by molar-refractivity contribution is -0.160.